The van der Waals surface area contributed by atoms with E-state index in [0.29, 0.717) is 0 Å². The minimum absolute atomic E-state index is 0.778. The lowest BCUT2D eigenvalue weighted by Gasteiger charge is -2.09. The van der Waals surface area contributed by atoms with Crippen molar-refractivity contribution in [2.24, 2.45) is 0 Å². The fourth-order valence-electron chi connectivity index (χ4n) is 3.28. The highest BCUT2D eigenvalue weighted by molar-refractivity contribution is 7.12. The molecule has 1 aliphatic carbocycles. The van der Waals surface area contributed by atoms with Gasteiger partial charge in [0.25, 0.3) is 0 Å². The van der Waals surface area contributed by atoms with Crippen LogP contribution in [0.15, 0.2) is 18.2 Å². The Kier molecular flexibility index (Phi) is 3.66. The molecule has 110 valence electrons. The Morgan fingerprint density at radius 3 is 2.95 bits per heavy atom. The second-order valence-electron chi connectivity index (χ2n) is 5.77. The molecule has 0 fully saturated rings. The number of fused-ring (bicyclic) bond motifs is 2. The minimum atomic E-state index is 0.778. The van der Waals surface area contributed by atoms with Gasteiger partial charge in [0, 0.05) is 39.9 Å². The van der Waals surface area contributed by atoms with Gasteiger partial charge in [-0.1, -0.05) is 11.6 Å². The third-order valence-electron chi connectivity index (χ3n) is 4.24. The minimum Gasteiger partial charge on any atom is -0.493 e. The first kappa shape index (κ1) is 13.6. The molecule has 0 amide bonds. The molecule has 2 heterocycles. The number of benzene rings is 1. The molecule has 0 unspecified atom stereocenters. The van der Waals surface area contributed by atoms with E-state index in [0.717, 1.165) is 36.9 Å². The van der Waals surface area contributed by atoms with Gasteiger partial charge in [-0.15, -0.1) is 11.3 Å². The molecule has 0 radical (unpaired) electrons. The van der Waals surface area contributed by atoms with E-state index in [1.807, 2.05) is 23.5 Å². The molecule has 0 saturated carbocycles. The molecule has 21 heavy (non-hydrogen) atoms. The lowest BCUT2D eigenvalue weighted by molar-refractivity contribution is 0.352. The molecule has 1 aromatic heterocycles. The number of ether oxygens (including phenoxy) is 1. The molecule has 2 aromatic rings. The van der Waals surface area contributed by atoms with Crippen molar-refractivity contribution in [3.8, 4) is 5.75 Å². The van der Waals surface area contributed by atoms with Crippen LogP contribution in [-0.4, -0.2) is 6.61 Å². The van der Waals surface area contributed by atoms with Crippen LogP contribution in [0.5, 0.6) is 5.75 Å². The van der Waals surface area contributed by atoms with Crippen LogP contribution >= 0.6 is 22.9 Å². The van der Waals surface area contributed by atoms with Gasteiger partial charge in [0.05, 0.1) is 6.61 Å². The van der Waals surface area contributed by atoms with E-state index in [2.05, 4.69) is 11.4 Å². The smallest absolute Gasteiger partial charge is 0.127 e. The zero-order valence-corrected chi connectivity index (χ0v) is 13.4. The third-order valence-corrected chi connectivity index (χ3v) is 5.69. The van der Waals surface area contributed by atoms with Crippen molar-refractivity contribution in [1.82, 2.24) is 5.32 Å². The molecule has 2 nitrogen and oxygen atoms in total. The summed E-state index contributed by atoms with van der Waals surface area (Å²) in [6.07, 6.45) is 4.85. The van der Waals surface area contributed by atoms with Gasteiger partial charge in [-0.05, 0) is 48.6 Å². The van der Waals surface area contributed by atoms with Gasteiger partial charge in [0.1, 0.15) is 5.75 Å². The van der Waals surface area contributed by atoms with Crippen molar-refractivity contribution in [3.63, 3.8) is 0 Å². The molecule has 1 aliphatic heterocycles. The number of hydrogen-bond donors (Lipinski definition) is 1. The van der Waals surface area contributed by atoms with Gasteiger partial charge in [-0.3, -0.25) is 0 Å². The molecule has 1 aromatic carbocycles. The predicted molar refractivity (Wildman–Crippen MR) is 87.5 cm³/mol. The summed E-state index contributed by atoms with van der Waals surface area (Å²) in [6, 6.07) is 6.42. The van der Waals surface area contributed by atoms with Crippen LogP contribution in [0.1, 0.15) is 32.9 Å². The summed E-state index contributed by atoms with van der Waals surface area (Å²) in [6.45, 7) is 2.52. The fraction of sp³-hybridized carbons (Fsp3) is 0.412. The van der Waals surface area contributed by atoms with E-state index in [1.165, 1.54) is 35.3 Å². The lowest BCUT2D eigenvalue weighted by Crippen LogP contribution is -2.12. The zero-order valence-electron chi connectivity index (χ0n) is 11.9. The molecule has 0 spiro atoms. The maximum Gasteiger partial charge on any atom is 0.127 e. The van der Waals surface area contributed by atoms with E-state index < -0.39 is 0 Å². The molecule has 0 bridgehead atoms. The first-order valence-electron chi connectivity index (χ1n) is 7.55. The summed E-state index contributed by atoms with van der Waals surface area (Å²) < 4.78 is 5.74. The standard InChI is InChI=1S/C17H18ClNOS/c18-14-6-12-4-5-20-17(12)13(7-14)9-19-10-15-8-11-2-1-3-16(11)21-15/h6-8,19H,1-5,9-10H2. The molecule has 2 aliphatic rings. The van der Waals surface area contributed by atoms with Crippen LogP contribution in [0, 0.1) is 0 Å². The summed E-state index contributed by atoms with van der Waals surface area (Å²) >= 11 is 8.16. The van der Waals surface area contributed by atoms with Crippen molar-refractivity contribution < 1.29 is 4.74 Å². The van der Waals surface area contributed by atoms with Crippen molar-refractivity contribution >= 4 is 22.9 Å². The highest BCUT2D eigenvalue weighted by Gasteiger charge is 2.18. The van der Waals surface area contributed by atoms with Gasteiger partial charge in [0.2, 0.25) is 0 Å². The fourth-order valence-corrected chi connectivity index (χ4v) is 4.77. The molecular formula is C17H18ClNOS. The van der Waals surface area contributed by atoms with E-state index in [4.69, 9.17) is 16.3 Å². The molecule has 4 rings (SSSR count). The average Bonchev–Trinajstić information content (AvgIpc) is 3.12. The van der Waals surface area contributed by atoms with E-state index in [-0.39, 0.29) is 0 Å². The number of nitrogens with one attached hydrogen (secondary N) is 1. The van der Waals surface area contributed by atoms with Crippen molar-refractivity contribution in [1.29, 1.82) is 0 Å². The normalized spacial score (nSPS) is 15.9. The topological polar surface area (TPSA) is 21.3 Å². The van der Waals surface area contributed by atoms with Crippen LogP contribution in [0.3, 0.4) is 0 Å². The molecule has 0 saturated heterocycles. The Morgan fingerprint density at radius 2 is 2.05 bits per heavy atom. The van der Waals surface area contributed by atoms with Crippen molar-refractivity contribution in [2.45, 2.75) is 38.8 Å². The van der Waals surface area contributed by atoms with Crippen molar-refractivity contribution in [3.05, 3.63) is 49.7 Å². The quantitative estimate of drug-likeness (QED) is 0.915. The van der Waals surface area contributed by atoms with Gasteiger partial charge in [0.15, 0.2) is 0 Å². The Balaban J connectivity index is 1.43. The molecule has 0 atom stereocenters. The SMILES string of the molecule is Clc1cc2c(c(CNCc3cc4c(s3)CCC4)c1)OCC2. The Morgan fingerprint density at radius 1 is 1.10 bits per heavy atom. The summed E-state index contributed by atoms with van der Waals surface area (Å²) in [5.74, 6) is 1.04. The van der Waals surface area contributed by atoms with Crippen LogP contribution in [0.2, 0.25) is 5.02 Å². The predicted octanol–water partition coefficient (Wildman–Crippen LogP) is 4.11. The van der Waals surface area contributed by atoms with Gasteiger partial charge < -0.3 is 10.1 Å². The third kappa shape index (κ3) is 2.70. The van der Waals surface area contributed by atoms with Gasteiger partial charge in [-0.2, -0.15) is 0 Å². The highest BCUT2D eigenvalue weighted by Crippen LogP contribution is 2.33. The number of aryl methyl sites for hydroxylation is 2. The van der Waals surface area contributed by atoms with Gasteiger partial charge >= 0.3 is 0 Å². The molecule has 4 heteroatoms. The number of halogens is 1. The van der Waals surface area contributed by atoms with Gasteiger partial charge in [-0.25, -0.2) is 0 Å². The first-order valence-corrected chi connectivity index (χ1v) is 8.74. The average molecular weight is 320 g/mol. The summed E-state index contributed by atoms with van der Waals surface area (Å²) in [7, 11) is 0. The van der Waals surface area contributed by atoms with Crippen LogP contribution in [-0.2, 0) is 32.4 Å². The monoisotopic (exact) mass is 319 g/mol. The Bertz CT molecular complexity index is 658. The van der Waals surface area contributed by atoms with E-state index in [9.17, 15) is 0 Å². The second-order valence-corrected chi connectivity index (χ2v) is 7.43. The molecular weight excluding hydrogens is 302 g/mol. The summed E-state index contributed by atoms with van der Waals surface area (Å²) in [5, 5.41) is 4.35. The first-order chi connectivity index (χ1) is 10.3. The van der Waals surface area contributed by atoms with Crippen LogP contribution in [0.25, 0.3) is 0 Å². The van der Waals surface area contributed by atoms with E-state index in [1.54, 1.807) is 10.4 Å². The highest BCUT2D eigenvalue weighted by atomic mass is 35.5. The number of rotatable bonds is 4. The summed E-state index contributed by atoms with van der Waals surface area (Å²) in [4.78, 5) is 3.04. The number of thiophene rings is 1. The number of hydrogen-bond acceptors (Lipinski definition) is 3. The molecule has 1 N–H and O–H groups in total. The Labute approximate surface area is 134 Å². The van der Waals surface area contributed by atoms with Crippen LogP contribution < -0.4 is 10.1 Å². The summed E-state index contributed by atoms with van der Waals surface area (Å²) in [5.41, 5.74) is 4.00. The Hall–Kier alpha value is -1.03. The zero-order chi connectivity index (χ0) is 14.2. The van der Waals surface area contributed by atoms with E-state index >= 15 is 0 Å². The maximum atomic E-state index is 6.19. The van der Waals surface area contributed by atoms with Crippen molar-refractivity contribution in [2.75, 3.05) is 6.61 Å². The van der Waals surface area contributed by atoms with Crippen LogP contribution in [0.4, 0.5) is 0 Å². The second kappa shape index (κ2) is 5.64. The largest absolute Gasteiger partial charge is 0.493 e. The lowest BCUT2D eigenvalue weighted by atomic mass is 10.1. The maximum absolute atomic E-state index is 6.19.